The molecule has 0 unspecified atom stereocenters. The Kier molecular flexibility index (Phi) is 3.00. The summed E-state index contributed by atoms with van der Waals surface area (Å²) < 4.78 is 13.3. The first-order valence-corrected chi connectivity index (χ1v) is 7.39. The van der Waals surface area contributed by atoms with Crippen LogP contribution in [0.4, 0.5) is 10.2 Å². The van der Waals surface area contributed by atoms with E-state index in [2.05, 4.69) is 11.1 Å². The normalized spacial score (nSPS) is 11.7. The summed E-state index contributed by atoms with van der Waals surface area (Å²) in [7, 11) is 0. The molecule has 0 saturated carbocycles. The van der Waals surface area contributed by atoms with Crippen molar-refractivity contribution in [3.63, 3.8) is 0 Å². The molecule has 116 valence electrons. The van der Waals surface area contributed by atoms with Gasteiger partial charge in [0.25, 0.3) is 0 Å². The van der Waals surface area contributed by atoms with Crippen molar-refractivity contribution in [2.24, 2.45) is 0 Å². The van der Waals surface area contributed by atoms with Crippen molar-refractivity contribution >= 4 is 5.82 Å². The van der Waals surface area contributed by atoms with E-state index < -0.39 is 0 Å². The van der Waals surface area contributed by atoms with E-state index in [1.54, 1.807) is 30.3 Å². The highest BCUT2D eigenvalue weighted by Crippen LogP contribution is 2.44. The van der Waals surface area contributed by atoms with Gasteiger partial charge in [0.1, 0.15) is 29.0 Å². The maximum absolute atomic E-state index is 13.3. The van der Waals surface area contributed by atoms with Gasteiger partial charge in [-0.3, -0.25) is 0 Å². The number of pyridine rings is 1. The van der Waals surface area contributed by atoms with Gasteiger partial charge in [0, 0.05) is 17.5 Å². The molecule has 0 radical (unpaired) electrons. The zero-order valence-corrected chi connectivity index (χ0v) is 12.5. The third-order valence-electron chi connectivity index (χ3n) is 4.28. The maximum atomic E-state index is 13.3. The van der Waals surface area contributed by atoms with Gasteiger partial charge >= 0.3 is 0 Å². The lowest BCUT2D eigenvalue weighted by atomic mass is 9.94. The second-order valence-corrected chi connectivity index (χ2v) is 5.71. The lowest BCUT2D eigenvalue weighted by molar-refractivity contribution is 0.475. The molecule has 0 aliphatic heterocycles. The van der Waals surface area contributed by atoms with Crippen LogP contribution in [0.2, 0.25) is 0 Å². The number of hydrogen-bond donors (Lipinski definition) is 2. The largest absolute Gasteiger partial charge is 0.508 e. The fraction of sp³-hybridized carbons (Fsp3) is 0.0526. The van der Waals surface area contributed by atoms with Crippen molar-refractivity contribution < 1.29 is 9.50 Å². The third-order valence-corrected chi connectivity index (χ3v) is 4.28. The van der Waals surface area contributed by atoms with Gasteiger partial charge in [-0.15, -0.1) is 0 Å². The number of nitriles is 1. The highest BCUT2D eigenvalue weighted by Gasteiger charge is 2.27. The van der Waals surface area contributed by atoms with Crippen molar-refractivity contribution in [2.75, 3.05) is 5.73 Å². The molecular formula is C19H12FN3O. The molecule has 1 heterocycles. The van der Waals surface area contributed by atoms with E-state index >= 15 is 0 Å². The van der Waals surface area contributed by atoms with Crippen molar-refractivity contribution in [1.82, 2.24) is 4.98 Å². The molecule has 1 aromatic heterocycles. The predicted molar refractivity (Wildman–Crippen MR) is 88.7 cm³/mol. The first-order valence-electron chi connectivity index (χ1n) is 7.39. The number of nitrogen functional groups attached to an aromatic ring is 1. The van der Waals surface area contributed by atoms with Crippen molar-refractivity contribution in [2.45, 2.75) is 6.42 Å². The number of fused-ring (bicyclic) bond motifs is 3. The molecule has 0 fully saturated rings. The van der Waals surface area contributed by atoms with Gasteiger partial charge in [-0.1, -0.05) is 12.1 Å². The molecular weight excluding hydrogens is 305 g/mol. The van der Waals surface area contributed by atoms with Gasteiger partial charge in [0.05, 0.1) is 5.69 Å². The van der Waals surface area contributed by atoms with E-state index in [1.807, 2.05) is 0 Å². The van der Waals surface area contributed by atoms with Crippen LogP contribution in [-0.2, 0) is 6.42 Å². The van der Waals surface area contributed by atoms with Gasteiger partial charge < -0.3 is 10.8 Å². The number of hydrogen-bond acceptors (Lipinski definition) is 4. The number of aromatic nitrogens is 1. The Labute approximate surface area is 137 Å². The molecule has 0 atom stereocenters. The molecule has 3 N–H and O–H groups in total. The SMILES string of the molecule is N#Cc1c(N)nc2c(c1-c1ccc(F)cc1)Cc1cc(O)ccc1-2. The van der Waals surface area contributed by atoms with Gasteiger partial charge in [-0.2, -0.15) is 5.26 Å². The zero-order valence-electron chi connectivity index (χ0n) is 12.5. The molecule has 1 aliphatic carbocycles. The molecule has 0 amide bonds. The Morgan fingerprint density at radius 2 is 1.92 bits per heavy atom. The fourth-order valence-electron chi connectivity index (χ4n) is 3.23. The van der Waals surface area contributed by atoms with Crippen LogP contribution in [0.25, 0.3) is 22.4 Å². The topological polar surface area (TPSA) is 82.9 Å². The zero-order chi connectivity index (χ0) is 16.8. The van der Waals surface area contributed by atoms with Crippen molar-refractivity contribution in [3.05, 3.63) is 65.0 Å². The molecule has 0 spiro atoms. The number of nitrogens with zero attached hydrogens (tertiary/aromatic N) is 2. The van der Waals surface area contributed by atoms with Crippen LogP contribution in [0.15, 0.2) is 42.5 Å². The Morgan fingerprint density at radius 3 is 2.62 bits per heavy atom. The second kappa shape index (κ2) is 5.07. The summed E-state index contributed by atoms with van der Waals surface area (Å²) in [5.74, 6) is -0.0148. The Morgan fingerprint density at radius 1 is 1.17 bits per heavy atom. The minimum absolute atomic E-state index is 0.150. The highest BCUT2D eigenvalue weighted by atomic mass is 19.1. The van der Waals surface area contributed by atoms with Crippen LogP contribution in [-0.4, -0.2) is 10.1 Å². The van der Waals surface area contributed by atoms with Crippen LogP contribution >= 0.6 is 0 Å². The number of nitrogens with two attached hydrogens (primary N) is 1. The Hall–Kier alpha value is -3.39. The Bertz CT molecular complexity index is 1020. The molecule has 4 rings (SSSR count). The summed E-state index contributed by atoms with van der Waals surface area (Å²) in [5.41, 5.74) is 11.1. The number of aromatic hydroxyl groups is 1. The molecule has 2 aromatic carbocycles. The number of phenols is 1. The minimum atomic E-state index is -0.343. The average molecular weight is 317 g/mol. The molecule has 1 aliphatic rings. The third kappa shape index (κ3) is 2.01. The van der Waals surface area contributed by atoms with E-state index in [-0.39, 0.29) is 22.9 Å². The lowest BCUT2D eigenvalue weighted by Gasteiger charge is -2.12. The standard InChI is InChI=1S/C19H12FN3O/c20-12-3-1-10(2-4-12)17-15-8-11-7-13(24)5-6-14(11)18(15)23-19(22)16(17)9-21/h1-7,24H,8H2,(H2,22,23). The quantitative estimate of drug-likeness (QED) is 0.561. The van der Waals surface area contributed by atoms with E-state index in [0.29, 0.717) is 17.7 Å². The molecule has 0 saturated heterocycles. The monoisotopic (exact) mass is 317 g/mol. The summed E-state index contributed by atoms with van der Waals surface area (Å²) in [6.45, 7) is 0. The van der Waals surface area contributed by atoms with Crippen LogP contribution in [0.1, 0.15) is 16.7 Å². The molecule has 24 heavy (non-hydrogen) atoms. The van der Waals surface area contributed by atoms with Gasteiger partial charge in [-0.25, -0.2) is 9.37 Å². The smallest absolute Gasteiger partial charge is 0.142 e. The summed E-state index contributed by atoms with van der Waals surface area (Å²) in [6.07, 6.45) is 0.535. The van der Waals surface area contributed by atoms with E-state index in [1.165, 1.54) is 12.1 Å². The number of phenolic OH excluding ortho intramolecular Hbond substituents is 1. The van der Waals surface area contributed by atoms with Crippen LogP contribution in [0.5, 0.6) is 5.75 Å². The number of rotatable bonds is 1. The van der Waals surface area contributed by atoms with Crippen LogP contribution in [0.3, 0.4) is 0 Å². The molecule has 4 nitrogen and oxygen atoms in total. The summed E-state index contributed by atoms with van der Waals surface area (Å²) >= 11 is 0. The van der Waals surface area contributed by atoms with Crippen molar-refractivity contribution in [1.29, 1.82) is 5.26 Å². The molecule has 3 aromatic rings. The van der Waals surface area contributed by atoms with E-state index in [0.717, 1.165) is 22.3 Å². The van der Waals surface area contributed by atoms with Gasteiger partial charge in [0.2, 0.25) is 0 Å². The highest BCUT2D eigenvalue weighted by molar-refractivity contribution is 5.88. The minimum Gasteiger partial charge on any atom is -0.508 e. The summed E-state index contributed by atoms with van der Waals surface area (Å²) in [6, 6.07) is 13.2. The van der Waals surface area contributed by atoms with Gasteiger partial charge in [-0.05, 0) is 47.0 Å². The van der Waals surface area contributed by atoms with Crippen LogP contribution in [0, 0.1) is 17.1 Å². The van der Waals surface area contributed by atoms with Crippen molar-refractivity contribution in [3.8, 4) is 34.2 Å². The van der Waals surface area contributed by atoms with E-state index in [4.69, 9.17) is 5.73 Å². The lowest BCUT2D eigenvalue weighted by Crippen LogP contribution is -2.02. The number of halogens is 1. The molecule has 0 bridgehead atoms. The Balaban J connectivity index is 2.03. The first-order chi connectivity index (χ1) is 11.6. The fourth-order valence-corrected chi connectivity index (χ4v) is 3.23. The maximum Gasteiger partial charge on any atom is 0.142 e. The molecule has 5 heteroatoms. The summed E-state index contributed by atoms with van der Waals surface area (Å²) in [4.78, 5) is 4.40. The summed E-state index contributed by atoms with van der Waals surface area (Å²) in [5, 5.41) is 19.2. The van der Waals surface area contributed by atoms with Crippen LogP contribution < -0.4 is 5.73 Å². The number of anilines is 1. The average Bonchev–Trinajstić information content (AvgIpc) is 2.91. The predicted octanol–water partition coefficient (Wildman–Crippen LogP) is 3.62. The van der Waals surface area contributed by atoms with Gasteiger partial charge in [0.15, 0.2) is 0 Å². The first kappa shape index (κ1) is 14.2. The second-order valence-electron chi connectivity index (χ2n) is 5.71. The van der Waals surface area contributed by atoms with E-state index in [9.17, 15) is 14.8 Å². The number of benzene rings is 2.